The van der Waals surface area contributed by atoms with E-state index in [4.69, 9.17) is 0 Å². The molecule has 4 aliphatic rings. The van der Waals surface area contributed by atoms with Gasteiger partial charge in [0.2, 0.25) is 5.91 Å². The molecular formula is C27H35N5O. The number of nitrogens with zero attached hydrogens (tertiary/aromatic N) is 2. The number of benzene rings is 1. The molecule has 4 atom stereocenters. The lowest BCUT2D eigenvalue weighted by atomic mass is 9.73. The Labute approximate surface area is 196 Å². The van der Waals surface area contributed by atoms with E-state index in [1.54, 1.807) is 0 Å². The van der Waals surface area contributed by atoms with Crippen LogP contribution < -0.4 is 16.2 Å². The summed E-state index contributed by atoms with van der Waals surface area (Å²) in [7, 11) is 0. The zero-order valence-corrected chi connectivity index (χ0v) is 19.3. The molecule has 2 aliphatic carbocycles. The molecule has 1 saturated carbocycles. The van der Waals surface area contributed by atoms with Gasteiger partial charge in [-0.2, -0.15) is 0 Å². The Morgan fingerprint density at radius 2 is 1.85 bits per heavy atom. The minimum absolute atomic E-state index is 0.148. The van der Waals surface area contributed by atoms with Crippen LogP contribution in [0.4, 0.5) is 0 Å². The highest BCUT2D eigenvalue weighted by atomic mass is 16.2. The van der Waals surface area contributed by atoms with Gasteiger partial charge in [-0.25, -0.2) is 5.43 Å². The molecule has 1 aromatic heterocycles. The van der Waals surface area contributed by atoms with E-state index in [-0.39, 0.29) is 18.0 Å². The molecule has 0 spiro atoms. The maximum Gasteiger partial charge on any atom is 0.239 e. The Morgan fingerprint density at radius 3 is 2.64 bits per heavy atom. The summed E-state index contributed by atoms with van der Waals surface area (Å²) in [5.41, 5.74) is 12.2. The van der Waals surface area contributed by atoms with E-state index in [1.165, 1.54) is 48.2 Å². The topological polar surface area (TPSA) is 69.3 Å². The van der Waals surface area contributed by atoms with E-state index in [0.29, 0.717) is 17.9 Å². The molecule has 6 nitrogen and oxygen atoms in total. The summed E-state index contributed by atoms with van der Waals surface area (Å²) in [5, 5.41) is 3.35. The maximum atomic E-state index is 13.3. The van der Waals surface area contributed by atoms with Gasteiger partial charge in [-0.05, 0) is 86.2 Å². The summed E-state index contributed by atoms with van der Waals surface area (Å²) in [4.78, 5) is 20.4. The highest BCUT2D eigenvalue weighted by Crippen LogP contribution is 2.39. The van der Waals surface area contributed by atoms with Gasteiger partial charge in [-0.15, -0.1) is 0 Å². The van der Waals surface area contributed by atoms with Crippen molar-refractivity contribution in [3.8, 4) is 0 Å². The third-order valence-corrected chi connectivity index (χ3v) is 8.32. The van der Waals surface area contributed by atoms with Crippen molar-refractivity contribution >= 4 is 5.91 Å². The second-order valence-electron chi connectivity index (χ2n) is 10.5. The van der Waals surface area contributed by atoms with Crippen molar-refractivity contribution < 1.29 is 4.79 Å². The van der Waals surface area contributed by atoms with Gasteiger partial charge in [0.1, 0.15) is 6.04 Å². The Balaban J connectivity index is 1.10. The van der Waals surface area contributed by atoms with Crippen LogP contribution in [-0.4, -0.2) is 47.0 Å². The summed E-state index contributed by atoms with van der Waals surface area (Å²) >= 11 is 0. The third-order valence-electron chi connectivity index (χ3n) is 8.32. The molecule has 0 radical (unpaired) electrons. The highest BCUT2D eigenvalue weighted by Gasteiger charge is 2.44. The van der Waals surface area contributed by atoms with Gasteiger partial charge >= 0.3 is 0 Å². The van der Waals surface area contributed by atoms with Gasteiger partial charge in [-0.3, -0.25) is 20.1 Å². The number of aromatic nitrogens is 1. The van der Waals surface area contributed by atoms with E-state index in [2.05, 4.69) is 62.6 Å². The molecule has 6 rings (SSSR count). The molecule has 3 fully saturated rings. The lowest BCUT2D eigenvalue weighted by Gasteiger charge is -2.33. The lowest BCUT2D eigenvalue weighted by molar-refractivity contribution is -0.124. The lowest BCUT2D eigenvalue weighted by Crippen LogP contribution is -2.49. The second kappa shape index (κ2) is 9.16. The number of carbonyl (C=O) groups excluding carboxylic acids is 1. The first-order chi connectivity index (χ1) is 16.2. The van der Waals surface area contributed by atoms with Crippen LogP contribution in [0.25, 0.3) is 0 Å². The molecular weight excluding hydrogens is 410 g/mol. The smallest absolute Gasteiger partial charge is 0.239 e. The van der Waals surface area contributed by atoms with Crippen LogP contribution in [0.15, 0.2) is 42.7 Å². The fourth-order valence-corrected chi connectivity index (χ4v) is 6.59. The summed E-state index contributed by atoms with van der Waals surface area (Å²) in [5.74, 6) is 0.939. The fourth-order valence-electron chi connectivity index (χ4n) is 6.59. The molecule has 3 N–H and O–H groups in total. The Bertz CT molecular complexity index is 979. The van der Waals surface area contributed by atoms with Crippen molar-refractivity contribution in [2.45, 2.75) is 75.5 Å². The van der Waals surface area contributed by atoms with Crippen LogP contribution in [0.1, 0.15) is 60.3 Å². The van der Waals surface area contributed by atoms with Crippen molar-refractivity contribution in [1.82, 2.24) is 26.1 Å². The van der Waals surface area contributed by atoms with Crippen LogP contribution in [0.2, 0.25) is 0 Å². The predicted octanol–water partition coefficient (Wildman–Crippen LogP) is 2.69. The van der Waals surface area contributed by atoms with Crippen LogP contribution in [-0.2, 0) is 24.2 Å². The highest BCUT2D eigenvalue weighted by molar-refractivity contribution is 5.83. The fraction of sp³-hybridized carbons (Fsp3) is 0.556. The molecule has 1 amide bonds. The van der Waals surface area contributed by atoms with Crippen LogP contribution in [0, 0.1) is 5.92 Å². The average Bonchev–Trinajstić information content (AvgIpc) is 3.58. The van der Waals surface area contributed by atoms with Crippen LogP contribution >= 0.6 is 0 Å². The maximum absolute atomic E-state index is 13.3. The Kier molecular flexibility index (Phi) is 5.91. The predicted molar refractivity (Wildman–Crippen MR) is 128 cm³/mol. The average molecular weight is 446 g/mol. The van der Waals surface area contributed by atoms with Crippen molar-refractivity contribution in [1.29, 1.82) is 0 Å². The van der Waals surface area contributed by atoms with Gasteiger partial charge in [0.05, 0.1) is 0 Å². The number of hydrogen-bond acceptors (Lipinski definition) is 5. The molecule has 2 saturated heterocycles. The molecule has 33 heavy (non-hydrogen) atoms. The third kappa shape index (κ3) is 4.44. The largest absolute Gasteiger partial charge is 0.351 e. The number of hydrazine groups is 1. The Morgan fingerprint density at radius 1 is 1.06 bits per heavy atom. The number of rotatable bonds is 5. The van der Waals surface area contributed by atoms with E-state index >= 15 is 0 Å². The first-order valence-corrected chi connectivity index (χ1v) is 12.8. The molecule has 174 valence electrons. The normalized spacial score (nSPS) is 29.7. The second-order valence-corrected chi connectivity index (χ2v) is 10.5. The SMILES string of the molecule is O=C(NC1Cc2ccccc2C1)C1NNC2CCC(c3cncc(CN4CCCC4)c3)CC21. The van der Waals surface area contributed by atoms with Crippen molar-refractivity contribution in [3.63, 3.8) is 0 Å². The molecule has 2 aliphatic heterocycles. The van der Waals surface area contributed by atoms with Crippen molar-refractivity contribution in [2.24, 2.45) is 5.92 Å². The molecule has 2 aromatic rings. The number of likely N-dealkylation sites (tertiary alicyclic amines) is 1. The number of nitrogens with one attached hydrogen (secondary N) is 3. The molecule has 0 bridgehead atoms. The quantitative estimate of drug-likeness (QED) is 0.660. The molecule has 4 unspecified atom stereocenters. The van der Waals surface area contributed by atoms with E-state index < -0.39 is 0 Å². The van der Waals surface area contributed by atoms with Crippen LogP contribution in [0.5, 0.6) is 0 Å². The molecule has 6 heteroatoms. The first-order valence-electron chi connectivity index (χ1n) is 12.8. The minimum Gasteiger partial charge on any atom is -0.351 e. The van der Waals surface area contributed by atoms with Gasteiger partial charge in [0.15, 0.2) is 0 Å². The molecule has 3 heterocycles. The summed E-state index contributed by atoms with van der Waals surface area (Å²) in [6.45, 7) is 3.42. The van der Waals surface area contributed by atoms with Crippen molar-refractivity contribution in [3.05, 3.63) is 65.0 Å². The standard InChI is InChI=1S/C27H35N5O/c33-27(29-23-12-19-5-1-2-6-20(19)13-23)26-24-14-21(7-8-25(24)30-31-26)22-11-18(15-28-16-22)17-32-9-3-4-10-32/h1-2,5-6,11,15-16,21,23-26,30-31H,3-4,7-10,12-14,17H2,(H,29,33). The monoisotopic (exact) mass is 445 g/mol. The van der Waals surface area contributed by atoms with Gasteiger partial charge in [0, 0.05) is 36.9 Å². The molecule has 1 aromatic carbocycles. The number of amides is 1. The zero-order valence-electron chi connectivity index (χ0n) is 19.3. The minimum atomic E-state index is -0.165. The number of fused-ring (bicyclic) bond motifs is 2. The Hall–Kier alpha value is -2.28. The van der Waals surface area contributed by atoms with Gasteiger partial charge < -0.3 is 5.32 Å². The summed E-state index contributed by atoms with van der Waals surface area (Å²) < 4.78 is 0. The number of pyridine rings is 1. The van der Waals surface area contributed by atoms with Crippen molar-refractivity contribution in [2.75, 3.05) is 13.1 Å². The van der Waals surface area contributed by atoms with Crippen LogP contribution in [0.3, 0.4) is 0 Å². The number of carbonyl (C=O) groups is 1. The summed E-state index contributed by atoms with van der Waals surface area (Å²) in [6, 6.07) is 11.3. The van der Waals surface area contributed by atoms with Gasteiger partial charge in [-0.1, -0.05) is 30.3 Å². The van der Waals surface area contributed by atoms with E-state index in [0.717, 1.165) is 38.6 Å². The first kappa shape index (κ1) is 21.3. The number of hydrogen-bond donors (Lipinski definition) is 3. The van der Waals surface area contributed by atoms with E-state index in [1.807, 2.05) is 6.20 Å². The van der Waals surface area contributed by atoms with E-state index in [9.17, 15) is 4.79 Å². The van der Waals surface area contributed by atoms with Gasteiger partial charge in [0.25, 0.3) is 0 Å². The zero-order chi connectivity index (χ0) is 22.2. The summed E-state index contributed by atoms with van der Waals surface area (Å²) in [6.07, 6.45) is 11.9.